The number of nitrogens with two attached hydrogens (primary N) is 1. The molecule has 0 aliphatic heterocycles. The van der Waals surface area contributed by atoms with Crippen molar-refractivity contribution >= 4 is 31.6 Å². The van der Waals surface area contributed by atoms with E-state index in [1.165, 1.54) is 12.1 Å². The van der Waals surface area contributed by atoms with Crippen LogP contribution in [0.5, 0.6) is 0 Å². The molecule has 0 atom stereocenters. The lowest BCUT2D eigenvalue weighted by atomic mass is 10.4. The maximum absolute atomic E-state index is 11.6. The first kappa shape index (κ1) is 12.0. The van der Waals surface area contributed by atoms with Crippen LogP contribution >= 0.6 is 15.9 Å². The van der Waals surface area contributed by atoms with Crippen LogP contribution in [0.3, 0.4) is 0 Å². The van der Waals surface area contributed by atoms with Crippen molar-refractivity contribution in [1.82, 2.24) is 0 Å². The van der Waals surface area contributed by atoms with Gasteiger partial charge in [-0.3, -0.25) is 0 Å². The van der Waals surface area contributed by atoms with Crippen molar-refractivity contribution in [1.29, 1.82) is 0 Å². The van der Waals surface area contributed by atoms with Crippen LogP contribution in [-0.2, 0) is 9.84 Å². The van der Waals surface area contributed by atoms with Gasteiger partial charge in [-0.1, -0.05) is 21.1 Å². The first-order valence-corrected chi connectivity index (χ1v) is 6.35. The van der Waals surface area contributed by atoms with Gasteiger partial charge in [0, 0.05) is 4.47 Å². The molecule has 3 N–H and O–H groups in total. The van der Waals surface area contributed by atoms with E-state index in [0.29, 0.717) is 0 Å². The molecule has 1 aromatic rings. The molecule has 0 saturated carbocycles. The first-order chi connectivity index (χ1) is 6.95. The maximum Gasteiger partial charge on any atom is 0.185 e. The molecule has 0 heterocycles. The molecule has 0 unspecified atom stereocenters. The van der Waals surface area contributed by atoms with Crippen molar-refractivity contribution in [3.8, 4) is 0 Å². The molecule has 82 valence electrons. The Morgan fingerprint density at radius 3 is 2.40 bits per heavy atom. The molecule has 15 heavy (non-hydrogen) atoms. The fraction of sp³-hybridized carbons (Fsp3) is 0.125. The highest BCUT2D eigenvalue weighted by Crippen LogP contribution is 2.15. The van der Waals surface area contributed by atoms with Crippen LogP contribution in [0, 0.1) is 0 Å². The van der Waals surface area contributed by atoms with Gasteiger partial charge in [0.05, 0.1) is 4.90 Å². The second kappa shape index (κ2) is 4.63. The van der Waals surface area contributed by atoms with Gasteiger partial charge in [0.1, 0.15) is 5.75 Å². The normalized spacial score (nSPS) is 12.7. The number of sulfone groups is 1. The molecule has 0 fully saturated rings. The van der Waals surface area contributed by atoms with Crippen LogP contribution in [0.25, 0.3) is 0 Å². The zero-order chi connectivity index (χ0) is 11.5. The van der Waals surface area contributed by atoms with Crippen molar-refractivity contribution in [2.75, 3.05) is 5.75 Å². The third-order valence-electron chi connectivity index (χ3n) is 1.64. The standard InChI is InChI=1S/C8H9BrN2O3S/c9-6-1-3-7(4-2-6)15(13,14)5-8(10)11-12/h1-4,12H,5H2,(H2,10,11). The van der Waals surface area contributed by atoms with Crippen LogP contribution in [-0.4, -0.2) is 25.2 Å². The smallest absolute Gasteiger partial charge is 0.185 e. The van der Waals surface area contributed by atoms with E-state index < -0.39 is 15.6 Å². The second-order valence-electron chi connectivity index (χ2n) is 2.80. The van der Waals surface area contributed by atoms with E-state index in [-0.39, 0.29) is 10.7 Å². The number of rotatable bonds is 3. The molecule has 1 rings (SSSR count). The van der Waals surface area contributed by atoms with Crippen molar-refractivity contribution < 1.29 is 13.6 Å². The number of amidine groups is 1. The van der Waals surface area contributed by atoms with Crippen molar-refractivity contribution in [3.63, 3.8) is 0 Å². The Kier molecular flexibility index (Phi) is 3.70. The molecule has 0 aliphatic carbocycles. The van der Waals surface area contributed by atoms with Gasteiger partial charge in [0.25, 0.3) is 0 Å². The largest absolute Gasteiger partial charge is 0.409 e. The third-order valence-corrected chi connectivity index (χ3v) is 3.83. The van der Waals surface area contributed by atoms with Crippen molar-refractivity contribution in [2.24, 2.45) is 10.9 Å². The minimum Gasteiger partial charge on any atom is -0.409 e. The monoisotopic (exact) mass is 292 g/mol. The van der Waals surface area contributed by atoms with Gasteiger partial charge in [0.2, 0.25) is 0 Å². The van der Waals surface area contributed by atoms with Crippen molar-refractivity contribution in [3.05, 3.63) is 28.7 Å². The summed E-state index contributed by atoms with van der Waals surface area (Å²) >= 11 is 3.19. The average molecular weight is 293 g/mol. The third kappa shape index (κ3) is 3.21. The summed E-state index contributed by atoms with van der Waals surface area (Å²) in [6, 6.07) is 6.12. The number of oxime groups is 1. The zero-order valence-corrected chi connectivity index (χ0v) is 9.99. The summed E-state index contributed by atoms with van der Waals surface area (Å²) in [5.41, 5.74) is 5.14. The number of halogens is 1. The Bertz CT molecular complexity index is 467. The Morgan fingerprint density at radius 1 is 1.40 bits per heavy atom. The van der Waals surface area contributed by atoms with Gasteiger partial charge in [-0.15, -0.1) is 0 Å². The summed E-state index contributed by atoms with van der Waals surface area (Å²) in [4.78, 5) is 0.136. The fourth-order valence-corrected chi connectivity index (χ4v) is 2.38. The highest BCUT2D eigenvalue weighted by molar-refractivity contribution is 9.10. The lowest BCUT2D eigenvalue weighted by Crippen LogP contribution is -2.23. The van der Waals surface area contributed by atoms with Gasteiger partial charge in [-0.2, -0.15) is 0 Å². The van der Waals surface area contributed by atoms with E-state index in [2.05, 4.69) is 21.1 Å². The van der Waals surface area contributed by atoms with Crippen molar-refractivity contribution in [2.45, 2.75) is 4.90 Å². The molecule has 0 aliphatic rings. The molecule has 0 amide bonds. The Morgan fingerprint density at radius 2 is 1.93 bits per heavy atom. The second-order valence-corrected chi connectivity index (χ2v) is 5.71. The van der Waals surface area contributed by atoms with Gasteiger partial charge in [-0.05, 0) is 24.3 Å². The summed E-state index contributed by atoms with van der Waals surface area (Å²) in [6.45, 7) is 0. The minimum absolute atomic E-state index is 0.136. The lowest BCUT2D eigenvalue weighted by Gasteiger charge is -2.02. The SMILES string of the molecule is N/C(CS(=O)(=O)c1ccc(Br)cc1)=N\O. The topological polar surface area (TPSA) is 92.8 Å². The van der Waals surface area contributed by atoms with Gasteiger partial charge in [0.15, 0.2) is 15.7 Å². The molecule has 1 aromatic carbocycles. The van der Waals surface area contributed by atoms with Gasteiger partial charge >= 0.3 is 0 Å². The maximum atomic E-state index is 11.6. The van der Waals surface area contributed by atoms with Gasteiger partial charge < -0.3 is 10.9 Å². The quantitative estimate of drug-likeness (QED) is 0.376. The zero-order valence-electron chi connectivity index (χ0n) is 7.59. The van der Waals surface area contributed by atoms with E-state index in [9.17, 15) is 8.42 Å². The van der Waals surface area contributed by atoms with Crippen LogP contribution < -0.4 is 5.73 Å². The van der Waals surface area contributed by atoms with E-state index >= 15 is 0 Å². The molecule has 0 aromatic heterocycles. The van der Waals surface area contributed by atoms with Crippen LogP contribution in [0.4, 0.5) is 0 Å². The molecule has 0 bridgehead atoms. The summed E-state index contributed by atoms with van der Waals surface area (Å²) in [7, 11) is -3.52. The van der Waals surface area contributed by atoms with Crippen LogP contribution in [0.15, 0.2) is 38.8 Å². The van der Waals surface area contributed by atoms with Crippen LogP contribution in [0.1, 0.15) is 0 Å². The Hall–Kier alpha value is -1.08. The highest BCUT2D eigenvalue weighted by atomic mass is 79.9. The van der Waals surface area contributed by atoms with E-state index in [1.807, 2.05) is 0 Å². The van der Waals surface area contributed by atoms with Crippen LogP contribution in [0.2, 0.25) is 0 Å². The summed E-state index contributed by atoms with van der Waals surface area (Å²) in [5.74, 6) is -0.830. The molecular weight excluding hydrogens is 284 g/mol. The van der Waals surface area contributed by atoms with E-state index in [4.69, 9.17) is 10.9 Å². The van der Waals surface area contributed by atoms with E-state index in [0.717, 1.165) is 4.47 Å². The number of hydrogen-bond acceptors (Lipinski definition) is 4. The predicted octanol–water partition coefficient (Wildman–Crippen LogP) is 0.969. The average Bonchev–Trinajstić information content (AvgIpc) is 2.17. The molecule has 0 radical (unpaired) electrons. The predicted molar refractivity (Wildman–Crippen MR) is 59.6 cm³/mol. The fourth-order valence-electron chi connectivity index (χ4n) is 0.949. The molecular formula is C8H9BrN2O3S. The Balaban J connectivity index is 3.02. The van der Waals surface area contributed by atoms with Gasteiger partial charge in [-0.25, -0.2) is 8.42 Å². The van der Waals surface area contributed by atoms with E-state index in [1.54, 1.807) is 12.1 Å². The molecule has 7 heteroatoms. The molecule has 0 spiro atoms. The Labute approximate surface area is 95.6 Å². The summed E-state index contributed by atoms with van der Waals surface area (Å²) in [6.07, 6.45) is 0. The number of nitrogens with zero attached hydrogens (tertiary/aromatic N) is 1. The number of benzene rings is 1. The minimum atomic E-state index is -3.52. The molecule has 0 saturated heterocycles. The molecule has 5 nitrogen and oxygen atoms in total. The summed E-state index contributed by atoms with van der Waals surface area (Å²) < 4.78 is 24.0. The first-order valence-electron chi connectivity index (χ1n) is 3.90. The highest BCUT2D eigenvalue weighted by Gasteiger charge is 2.16. The number of hydrogen-bond donors (Lipinski definition) is 2. The summed E-state index contributed by atoms with van der Waals surface area (Å²) in [5, 5.41) is 10.9. The lowest BCUT2D eigenvalue weighted by molar-refractivity contribution is 0.318.